The third-order valence-electron chi connectivity index (χ3n) is 2.94. The average Bonchev–Trinajstić information content (AvgIpc) is 2.45. The highest BCUT2D eigenvalue weighted by Crippen LogP contribution is 2.28. The Morgan fingerprint density at radius 1 is 1.25 bits per heavy atom. The van der Waals surface area contributed by atoms with Gasteiger partial charge in [0.05, 0.1) is 6.67 Å². The summed E-state index contributed by atoms with van der Waals surface area (Å²) in [5.74, 6) is -0.968. The van der Waals surface area contributed by atoms with Crippen LogP contribution in [0.25, 0.3) is 0 Å². The number of ketones is 1. The number of hydrogen-bond donors (Lipinski definition) is 3. The third kappa shape index (κ3) is 2.76. The van der Waals surface area contributed by atoms with Crippen molar-refractivity contribution in [1.82, 2.24) is 9.62 Å². The molecule has 0 aromatic carbocycles. The summed E-state index contributed by atoms with van der Waals surface area (Å²) in [7, 11) is -9.41. The lowest BCUT2D eigenvalue weighted by molar-refractivity contribution is -0.115. The molecule has 112 valence electrons. The Kier molecular flexibility index (Phi) is 3.73. The quantitative estimate of drug-likeness (QED) is 0.551. The Hall–Kier alpha value is -1.27. The Morgan fingerprint density at radius 2 is 1.90 bits per heavy atom. The zero-order valence-corrected chi connectivity index (χ0v) is 11.7. The lowest BCUT2D eigenvalue weighted by Gasteiger charge is -2.24. The van der Waals surface area contributed by atoms with Crippen molar-refractivity contribution in [2.75, 3.05) is 6.67 Å². The second kappa shape index (κ2) is 4.93. The van der Waals surface area contributed by atoms with Crippen LogP contribution >= 0.6 is 0 Å². The minimum absolute atomic E-state index is 0.00125. The summed E-state index contributed by atoms with van der Waals surface area (Å²) in [6.07, 6.45) is 3.45. The van der Waals surface area contributed by atoms with Gasteiger partial charge in [-0.2, -0.15) is 16.8 Å². The monoisotopic (exact) mass is 324 g/mol. The Bertz CT molecular complexity index is 705. The molecule has 1 heterocycles. The molecule has 0 aromatic heterocycles. The highest BCUT2D eigenvalue weighted by atomic mass is 32.2. The summed E-state index contributed by atoms with van der Waals surface area (Å²) >= 11 is 0. The van der Waals surface area contributed by atoms with Gasteiger partial charge in [0.2, 0.25) is 5.37 Å². The second-order valence-electron chi connectivity index (χ2n) is 4.25. The maximum atomic E-state index is 12.1. The first-order chi connectivity index (χ1) is 9.12. The van der Waals surface area contributed by atoms with E-state index < -0.39 is 38.2 Å². The van der Waals surface area contributed by atoms with E-state index in [1.807, 2.05) is 0 Å². The number of nitrogens with zero attached hydrogens (tertiary/aromatic N) is 1. The normalized spacial score (nSPS) is 24.6. The van der Waals surface area contributed by atoms with E-state index in [9.17, 15) is 21.6 Å². The predicted molar refractivity (Wildman–Crippen MR) is 67.1 cm³/mol. The van der Waals surface area contributed by atoms with Crippen LogP contribution in [0, 0.1) is 0 Å². The molecule has 1 aliphatic heterocycles. The smallest absolute Gasteiger partial charge is 0.291 e. The summed E-state index contributed by atoms with van der Waals surface area (Å²) in [6.45, 7) is -0.637. The summed E-state index contributed by atoms with van der Waals surface area (Å²) in [5, 5.41) is 0.138. The lowest BCUT2D eigenvalue weighted by atomic mass is 10.00. The average molecular weight is 324 g/mol. The SMILES string of the molecule is O=C1C2=C(CCC=C2)N(S(=O)(=O)O)CNC1S(=O)(=O)O. The van der Waals surface area contributed by atoms with Gasteiger partial charge in [0.25, 0.3) is 10.1 Å². The van der Waals surface area contributed by atoms with Crippen LogP contribution in [0.3, 0.4) is 0 Å². The summed E-state index contributed by atoms with van der Waals surface area (Å²) < 4.78 is 63.7. The van der Waals surface area contributed by atoms with E-state index in [0.29, 0.717) is 10.7 Å². The molecule has 0 fully saturated rings. The van der Waals surface area contributed by atoms with Crippen LogP contribution in [0.15, 0.2) is 23.4 Å². The molecule has 9 nitrogen and oxygen atoms in total. The molecule has 0 radical (unpaired) electrons. The molecule has 0 saturated carbocycles. The van der Waals surface area contributed by atoms with Gasteiger partial charge in [0.15, 0.2) is 5.78 Å². The number of hydrogen-bond acceptors (Lipinski definition) is 6. The van der Waals surface area contributed by atoms with Crippen molar-refractivity contribution >= 4 is 26.2 Å². The first-order valence-electron chi connectivity index (χ1n) is 5.51. The first kappa shape index (κ1) is 15.1. The fraction of sp³-hybridized carbons (Fsp3) is 0.444. The van der Waals surface area contributed by atoms with Gasteiger partial charge in [0, 0.05) is 11.3 Å². The zero-order chi connectivity index (χ0) is 15.1. The molecule has 3 N–H and O–H groups in total. The first-order valence-corrected chi connectivity index (χ1v) is 8.41. The minimum atomic E-state index is -4.75. The van der Waals surface area contributed by atoms with Crippen molar-refractivity contribution in [3.8, 4) is 0 Å². The Morgan fingerprint density at radius 3 is 2.45 bits per heavy atom. The maximum Gasteiger partial charge on any atom is 0.360 e. The largest absolute Gasteiger partial charge is 0.360 e. The molecule has 2 aliphatic rings. The summed E-state index contributed by atoms with van der Waals surface area (Å²) in [4.78, 5) is 12.1. The van der Waals surface area contributed by atoms with E-state index in [0.717, 1.165) is 0 Å². The second-order valence-corrected chi connectivity index (χ2v) is 7.09. The molecule has 1 unspecified atom stereocenters. The molecule has 20 heavy (non-hydrogen) atoms. The van der Waals surface area contributed by atoms with Gasteiger partial charge < -0.3 is 0 Å². The highest BCUT2D eigenvalue weighted by molar-refractivity contribution is 7.87. The fourth-order valence-electron chi connectivity index (χ4n) is 2.09. The molecule has 0 amide bonds. The van der Waals surface area contributed by atoms with Crippen molar-refractivity contribution in [2.24, 2.45) is 0 Å². The van der Waals surface area contributed by atoms with Crippen LogP contribution in [0.4, 0.5) is 0 Å². The minimum Gasteiger partial charge on any atom is -0.291 e. The van der Waals surface area contributed by atoms with Crippen LogP contribution in [0.5, 0.6) is 0 Å². The molecular formula is C9H12N2O7S2. The van der Waals surface area contributed by atoms with Gasteiger partial charge >= 0.3 is 10.3 Å². The van der Waals surface area contributed by atoms with Crippen molar-refractivity contribution in [3.63, 3.8) is 0 Å². The topological polar surface area (TPSA) is 141 Å². The van der Waals surface area contributed by atoms with Gasteiger partial charge in [0.1, 0.15) is 0 Å². The standard InChI is InChI=1S/C9H12N2O7S2/c12-8-6-3-1-2-4-7(6)11(20(16,17)18)5-10-9(8)19(13,14)15/h1,3,9-10H,2,4-5H2,(H,13,14,15)(H,16,17,18). The van der Waals surface area contributed by atoms with Crippen molar-refractivity contribution in [3.05, 3.63) is 23.4 Å². The molecule has 0 saturated heterocycles. The van der Waals surface area contributed by atoms with Gasteiger partial charge in [-0.25, -0.2) is 4.31 Å². The number of allylic oxidation sites excluding steroid dienone is 3. The van der Waals surface area contributed by atoms with Gasteiger partial charge in [-0.1, -0.05) is 12.2 Å². The highest BCUT2D eigenvalue weighted by Gasteiger charge is 2.40. The number of rotatable bonds is 2. The maximum absolute atomic E-state index is 12.1. The molecular weight excluding hydrogens is 312 g/mol. The Labute approximate surface area is 115 Å². The molecule has 0 aromatic rings. The van der Waals surface area contributed by atoms with E-state index >= 15 is 0 Å². The van der Waals surface area contributed by atoms with Gasteiger partial charge in [-0.3, -0.25) is 19.2 Å². The molecule has 0 spiro atoms. The fourth-order valence-corrected chi connectivity index (χ4v) is 3.48. The number of Topliss-reactive ketones (excluding diaryl/α,β-unsaturated/α-hetero) is 1. The van der Waals surface area contributed by atoms with Crippen LogP contribution in [-0.2, 0) is 25.2 Å². The van der Waals surface area contributed by atoms with E-state index in [1.54, 1.807) is 6.08 Å². The van der Waals surface area contributed by atoms with Crippen LogP contribution in [0.2, 0.25) is 0 Å². The molecule has 11 heteroatoms. The third-order valence-corrected chi connectivity index (χ3v) is 4.83. The molecule has 0 bridgehead atoms. The zero-order valence-electron chi connectivity index (χ0n) is 10.1. The van der Waals surface area contributed by atoms with Crippen molar-refractivity contribution in [1.29, 1.82) is 0 Å². The van der Waals surface area contributed by atoms with Crippen LogP contribution < -0.4 is 5.32 Å². The molecule has 1 atom stereocenters. The van der Waals surface area contributed by atoms with Crippen LogP contribution in [0.1, 0.15) is 12.8 Å². The van der Waals surface area contributed by atoms with Crippen LogP contribution in [-0.4, -0.2) is 48.1 Å². The predicted octanol–water partition coefficient (Wildman–Crippen LogP) is -0.961. The van der Waals surface area contributed by atoms with E-state index in [-0.39, 0.29) is 17.7 Å². The van der Waals surface area contributed by atoms with E-state index in [4.69, 9.17) is 9.11 Å². The summed E-state index contributed by atoms with van der Waals surface area (Å²) in [6, 6.07) is 0. The summed E-state index contributed by atoms with van der Waals surface area (Å²) in [5.41, 5.74) is -0.167. The van der Waals surface area contributed by atoms with Crippen molar-refractivity contribution in [2.45, 2.75) is 18.2 Å². The van der Waals surface area contributed by atoms with Gasteiger partial charge in [-0.05, 0) is 12.8 Å². The van der Waals surface area contributed by atoms with E-state index in [2.05, 4.69) is 5.32 Å². The Balaban J connectivity index is 2.59. The number of nitrogens with one attached hydrogen (secondary N) is 1. The lowest BCUT2D eigenvalue weighted by Crippen LogP contribution is -2.46. The number of carbonyl (C=O) groups is 1. The number of carbonyl (C=O) groups excluding carboxylic acids is 1. The molecule has 2 rings (SSSR count). The van der Waals surface area contributed by atoms with Crippen molar-refractivity contribution < 1.29 is 30.7 Å². The molecule has 1 aliphatic carbocycles. The van der Waals surface area contributed by atoms with E-state index in [1.165, 1.54) is 6.08 Å². The van der Waals surface area contributed by atoms with Gasteiger partial charge in [-0.15, -0.1) is 0 Å².